The lowest BCUT2D eigenvalue weighted by atomic mass is 9.88. The van der Waals surface area contributed by atoms with Crippen LogP contribution < -0.4 is 4.90 Å². The van der Waals surface area contributed by atoms with Gasteiger partial charge in [0.05, 0.1) is 16.7 Å². The molecule has 0 aliphatic heterocycles. The van der Waals surface area contributed by atoms with Gasteiger partial charge < -0.3 is 9.47 Å². The third kappa shape index (κ3) is 4.34. The first-order valence-corrected chi connectivity index (χ1v) is 16.2. The van der Waals surface area contributed by atoms with Gasteiger partial charge in [-0.1, -0.05) is 127 Å². The molecule has 9 rings (SSSR count). The van der Waals surface area contributed by atoms with Crippen molar-refractivity contribution in [2.45, 2.75) is 6.92 Å². The van der Waals surface area contributed by atoms with Crippen LogP contribution in [-0.4, -0.2) is 4.57 Å². The number of hydrogen-bond acceptors (Lipinski definition) is 1. The molecular formula is C45H32N2. The van der Waals surface area contributed by atoms with Gasteiger partial charge in [0.25, 0.3) is 0 Å². The van der Waals surface area contributed by atoms with Gasteiger partial charge in [0, 0.05) is 38.6 Å². The minimum Gasteiger partial charge on any atom is -0.309 e. The maximum atomic E-state index is 2.43. The van der Waals surface area contributed by atoms with E-state index in [9.17, 15) is 0 Å². The van der Waals surface area contributed by atoms with Crippen LogP contribution in [0.4, 0.5) is 17.1 Å². The molecule has 2 heteroatoms. The van der Waals surface area contributed by atoms with Gasteiger partial charge in [0.15, 0.2) is 0 Å². The highest BCUT2D eigenvalue weighted by atomic mass is 15.1. The second kappa shape index (κ2) is 11.0. The molecule has 0 aliphatic carbocycles. The summed E-state index contributed by atoms with van der Waals surface area (Å²) in [6.07, 6.45) is 0. The summed E-state index contributed by atoms with van der Waals surface area (Å²) in [5, 5.41) is 7.48. The zero-order chi connectivity index (χ0) is 31.3. The first-order valence-electron chi connectivity index (χ1n) is 16.2. The van der Waals surface area contributed by atoms with Crippen LogP contribution in [0.3, 0.4) is 0 Å². The minimum atomic E-state index is 1.11. The number of aryl methyl sites for hydroxylation is 1. The fourth-order valence-corrected chi connectivity index (χ4v) is 7.43. The molecule has 0 saturated carbocycles. The highest BCUT2D eigenvalue weighted by Crippen LogP contribution is 2.48. The third-order valence-corrected chi connectivity index (χ3v) is 9.50. The Morgan fingerprint density at radius 2 is 0.830 bits per heavy atom. The summed E-state index contributed by atoms with van der Waals surface area (Å²) in [5.41, 5.74) is 10.8. The van der Waals surface area contributed by atoms with Crippen LogP contribution in [0.1, 0.15) is 5.56 Å². The van der Waals surface area contributed by atoms with Crippen molar-refractivity contribution in [3.63, 3.8) is 0 Å². The Morgan fingerprint density at radius 1 is 0.383 bits per heavy atom. The first-order chi connectivity index (χ1) is 23.3. The molecular weight excluding hydrogens is 569 g/mol. The molecule has 0 fully saturated rings. The molecule has 0 N–H and O–H groups in total. The van der Waals surface area contributed by atoms with Crippen molar-refractivity contribution in [1.29, 1.82) is 0 Å². The van der Waals surface area contributed by atoms with Gasteiger partial charge in [0.2, 0.25) is 0 Å². The van der Waals surface area contributed by atoms with Gasteiger partial charge >= 0.3 is 0 Å². The number of benzene rings is 8. The maximum absolute atomic E-state index is 2.43. The van der Waals surface area contributed by atoms with E-state index in [1.165, 1.54) is 65.7 Å². The molecule has 2 nitrogen and oxygen atoms in total. The van der Waals surface area contributed by atoms with Crippen molar-refractivity contribution in [2.24, 2.45) is 0 Å². The zero-order valence-corrected chi connectivity index (χ0v) is 26.1. The Labute approximate surface area is 274 Å². The molecule has 47 heavy (non-hydrogen) atoms. The van der Waals surface area contributed by atoms with Crippen LogP contribution in [0.25, 0.3) is 60.2 Å². The Bertz CT molecular complexity index is 2470. The molecule has 0 bridgehead atoms. The van der Waals surface area contributed by atoms with Gasteiger partial charge in [-0.25, -0.2) is 0 Å². The largest absolute Gasteiger partial charge is 0.309 e. The SMILES string of the molecule is Cc1ccccc1-c1c2ccccc2c(N(c2ccccc2)c2ccc(-n3c4ccccc4c4ccccc43)cc2)c2ccccc12. The van der Waals surface area contributed by atoms with E-state index in [2.05, 4.69) is 192 Å². The number of para-hydroxylation sites is 3. The lowest BCUT2D eigenvalue weighted by molar-refractivity contribution is 1.17. The molecule has 0 spiro atoms. The summed E-state index contributed by atoms with van der Waals surface area (Å²) in [4.78, 5) is 2.43. The number of rotatable bonds is 5. The number of hydrogen-bond donors (Lipinski definition) is 0. The fourth-order valence-electron chi connectivity index (χ4n) is 7.43. The quantitative estimate of drug-likeness (QED) is 0.178. The average molecular weight is 601 g/mol. The Kier molecular flexibility index (Phi) is 6.39. The number of anilines is 3. The second-order valence-corrected chi connectivity index (χ2v) is 12.2. The molecule has 0 aliphatic rings. The van der Waals surface area contributed by atoms with E-state index in [1.54, 1.807) is 0 Å². The first kappa shape index (κ1) is 27.2. The summed E-state index contributed by atoms with van der Waals surface area (Å²) in [5.74, 6) is 0. The van der Waals surface area contributed by atoms with Gasteiger partial charge in [-0.2, -0.15) is 0 Å². The molecule has 0 saturated heterocycles. The number of aromatic nitrogens is 1. The number of fused-ring (bicyclic) bond motifs is 5. The highest BCUT2D eigenvalue weighted by Gasteiger charge is 2.22. The Balaban J connectivity index is 1.31. The van der Waals surface area contributed by atoms with Crippen LogP contribution in [0.2, 0.25) is 0 Å². The molecule has 9 aromatic rings. The normalized spacial score (nSPS) is 11.5. The van der Waals surface area contributed by atoms with Crippen molar-refractivity contribution in [3.8, 4) is 16.8 Å². The minimum absolute atomic E-state index is 1.11. The highest BCUT2D eigenvalue weighted by molar-refractivity contribution is 6.22. The molecule has 8 aromatic carbocycles. The van der Waals surface area contributed by atoms with Crippen molar-refractivity contribution < 1.29 is 0 Å². The summed E-state index contributed by atoms with van der Waals surface area (Å²) in [6.45, 7) is 2.21. The average Bonchev–Trinajstić information content (AvgIpc) is 3.47. The fraction of sp³-hybridized carbons (Fsp3) is 0.0222. The van der Waals surface area contributed by atoms with Crippen molar-refractivity contribution in [3.05, 3.63) is 181 Å². The number of nitrogens with zero attached hydrogens (tertiary/aromatic N) is 2. The maximum Gasteiger partial charge on any atom is 0.0618 e. The van der Waals surface area contributed by atoms with Crippen molar-refractivity contribution >= 4 is 60.4 Å². The third-order valence-electron chi connectivity index (χ3n) is 9.50. The van der Waals surface area contributed by atoms with E-state index >= 15 is 0 Å². The molecule has 0 unspecified atom stereocenters. The summed E-state index contributed by atoms with van der Waals surface area (Å²) >= 11 is 0. The van der Waals surface area contributed by atoms with E-state index in [0.29, 0.717) is 0 Å². The molecule has 0 atom stereocenters. The van der Waals surface area contributed by atoms with Crippen LogP contribution in [0.15, 0.2) is 176 Å². The summed E-state index contributed by atoms with van der Waals surface area (Å²) < 4.78 is 2.38. The van der Waals surface area contributed by atoms with Gasteiger partial charge in [0.1, 0.15) is 0 Å². The molecule has 0 amide bonds. The van der Waals surface area contributed by atoms with Crippen molar-refractivity contribution in [2.75, 3.05) is 4.90 Å². The lowest BCUT2D eigenvalue weighted by Crippen LogP contribution is -2.11. The van der Waals surface area contributed by atoms with E-state index in [-0.39, 0.29) is 0 Å². The summed E-state index contributed by atoms with van der Waals surface area (Å²) in [7, 11) is 0. The molecule has 222 valence electrons. The molecule has 0 radical (unpaired) electrons. The van der Waals surface area contributed by atoms with E-state index in [4.69, 9.17) is 0 Å². The van der Waals surface area contributed by atoms with Crippen LogP contribution in [0.5, 0.6) is 0 Å². The Morgan fingerprint density at radius 3 is 1.40 bits per heavy atom. The van der Waals surface area contributed by atoms with Gasteiger partial charge in [-0.05, 0) is 82.9 Å². The predicted octanol–water partition coefficient (Wildman–Crippen LogP) is 12.5. The van der Waals surface area contributed by atoms with Crippen LogP contribution in [0, 0.1) is 6.92 Å². The van der Waals surface area contributed by atoms with E-state index < -0.39 is 0 Å². The predicted molar refractivity (Wildman–Crippen MR) is 201 cm³/mol. The summed E-state index contributed by atoms with van der Waals surface area (Å²) in [6, 6.07) is 63.7. The standard InChI is InChI=1S/C45H32N2/c1-31-15-5-6-18-35(31)44-38-21-7-9-23-40(38)45(41-24-10-8-22-39(41)44)46(32-16-3-2-4-17-32)33-27-29-34(30-28-33)47-42-25-13-11-19-36(42)37-20-12-14-26-43(37)47/h2-30H,1H3. The van der Waals surface area contributed by atoms with Crippen LogP contribution >= 0.6 is 0 Å². The smallest absolute Gasteiger partial charge is 0.0618 e. The van der Waals surface area contributed by atoms with E-state index in [0.717, 1.165) is 17.1 Å². The van der Waals surface area contributed by atoms with Gasteiger partial charge in [-0.15, -0.1) is 0 Å². The second-order valence-electron chi connectivity index (χ2n) is 12.2. The zero-order valence-electron chi connectivity index (χ0n) is 26.1. The monoisotopic (exact) mass is 600 g/mol. The molecule has 1 heterocycles. The Hall–Kier alpha value is -6.12. The topological polar surface area (TPSA) is 8.17 Å². The van der Waals surface area contributed by atoms with Gasteiger partial charge in [-0.3, -0.25) is 0 Å². The van der Waals surface area contributed by atoms with E-state index in [1.807, 2.05) is 0 Å². The molecule has 1 aromatic heterocycles. The lowest BCUT2D eigenvalue weighted by Gasteiger charge is -2.30. The van der Waals surface area contributed by atoms with Crippen molar-refractivity contribution in [1.82, 2.24) is 4.57 Å². The van der Waals surface area contributed by atoms with Crippen LogP contribution in [-0.2, 0) is 0 Å².